The minimum atomic E-state index is 0.648. The Balaban J connectivity index is 2.63. The van der Waals surface area contributed by atoms with Crippen molar-refractivity contribution < 1.29 is 0 Å². The molecule has 0 saturated heterocycles. The largest absolute Gasteiger partial charge is 0.0894 e. The number of hydrogen-bond donors (Lipinski definition) is 0. The van der Waals surface area contributed by atoms with Crippen molar-refractivity contribution in [2.45, 2.75) is 24.6 Å². The lowest BCUT2D eigenvalue weighted by atomic mass is 10.3. The van der Waals surface area contributed by atoms with Crippen LogP contribution in [0.1, 0.15) is 19.8 Å². The van der Waals surface area contributed by atoms with E-state index in [1.165, 1.54) is 6.42 Å². The van der Waals surface area contributed by atoms with E-state index in [4.69, 9.17) is 0 Å². The van der Waals surface area contributed by atoms with Crippen LogP contribution in [-0.4, -0.2) is 4.83 Å². The molecule has 0 aliphatic carbocycles. The molecule has 1 atom stereocenters. The predicted molar refractivity (Wildman–Crippen MR) is 33.0 cm³/mol. The van der Waals surface area contributed by atoms with Crippen LogP contribution in [0.2, 0.25) is 0 Å². The minimum Gasteiger partial charge on any atom is -0.0894 e. The summed E-state index contributed by atoms with van der Waals surface area (Å²) in [7, 11) is 0. The molecule has 0 saturated carbocycles. The summed E-state index contributed by atoms with van der Waals surface area (Å²) in [4.78, 5) is 0.648. The molecule has 1 unspecified atom stereocenters. The zero-order valence-corrected chi connectivity index (χ0v) is 5.66. The molecule has 0 rings (SSSR count). The second-order valence-corrected chi connectivity index (χ2v) is 2.99. The second kappa shape index (κ2) is 3.66. The van der Waals surface area contributed by atoms with Gasteiger partial charge >= 0.3 is 0 Å². The molecule has 0 aromatic heterocycles. The minimum absolute atomic E-state index is 0.648. The summed E-state index contributed by atoms with van der Waals surface area (Å²) in [6.07, 6.45) is 2.21. The maximum absolute atomic E-state index is 3.70. The van der Waals surface area contributed by atoms with Crippen molar-refractivity contribution in [2.75, 3.05) is 0 Å². The summed E-state index contributed by atoms with van der Waals surface area (Å²) in [5.41, 5.74) is 0. The van der Waals surface area contributed by atoms with Crippen molar-refractivity contribution in [1.82, 2.24) is 0 Å². The average Bonchev–Trinajstić information content (AvgIpc) is 1.35. The van der Waals surface area contributed by atoms with E-state index >= 15 is 0 Å². The summed E-state index contributed by atoms with van der Waals surface area (Å²) in [5, 5.41) is 0. The lowest BCUT2D eigenvalue weighted by molar-refractivity contribution is 0.842. The first-order chi connectivity index (χ1) is 2.77. The van der Waals surface area contributed by atoms with E-state index in [1.807, 2.05) is 0 Å². The molecule has 0 nitrogen and oxygen atoms in total. The highest BCUT2D eigenvalue weighted by atomic mass is 79.9. The van der Waals surface area contributed by atoms with E-state index in [0.717, 1.165) is 6.42 Å². The van der Waals surface area contributed by atoms with Crippen molar-refractivity contribution in [3.63, 3.8) is 0 Å². The van der Waals surface area contributed by atoms with Crippen LogP contribution in [0.15, 0.2) is 0 Å². The molecule has 0 heterocycles. The Labute approximate surface area is 48.1 Å². The third kappa shape index (κ3) is 4.48. The topological polar surface area (TPSA) is 0 Å². The standard InChI is InChI=1S/C5H10Br/c1-3-4-5(2)6/h5H,1,3-4H2,2H3. The monoisotopic (exact) mass is 149 g/mol. The average molecular weight is 150 g/mol. The van der Waals surface area contributed by atoms with Crippen LogP contribution in [0.25, 0.3) is 0 Å². The van der Waals surface area contributed by atoms with Crippen molar-refractivity contribution >= 4 is 15.9 Å². The fourth-order valence-corrected chi connectivity index (χ4v) is 0.605. The van der Waals surface area contributed by atoms with E-state index < -0.39 is 0 Å². The van der Waals surface area contributed by atoms with Gasteiger partial charge in [0.1, 0.15) is 0 Å². The molecular formula is C5H10Br. The van der Waals surface area contributed by atoms with Gasteiger partial charge in [-0.15, -0.1) is 0 Å². The second-order valence-electron chi connectivity index (χ2n) is 1.42. The van der Waals surface area contributed by atoms with Crippen LogP contribution in [0.5, 0.6) is 0 Å². The molecule has 0 amide bonds. The highest BCUT2D eigenvalue weighted by Gasteiger charge is 1.88. The van der Waals surface area contributed by atoms with Crippen molar-refractivity contribution in [1.29, 1.82) is 0 Å². The number of hydrogen-bond acceptors (Lipinski definition) is 0. The smallest absolute Gasteiger partial charge is 0.0117 e. The van der Waals surface area contributed by atoms with Crippen molar-refractivity contribution in [3.05, 3.63) is 6.92 Å². The lowest BCUT2D eigenvalue weighted by Crippen LogP contribution is -1.84. The van der Waals surface area contributed by atoms with Gasteiger partial charge in [0.25, 0.3) is 0 Å². The van der Waals surface area contributed by atoms with Gasteiger partial charge in [0.2, 0.25) is 0 Å². The molecule has 0 aliphatic heterocycles. The molecule has 0 bridgehead atoms. The Hall–Kier alpha value is 0.480. The zero-order chi connectivity index (χ0) is 4.99. The van der Waals surface area contributed by atoms with Gasteiger partial charge in [0.15, 0.2) is 0 Å². The first-order valence-corrected chi connectivity index (χ1v) is 3.12. The van der Waals surface area contributed by atoms with E-state index in [0.29, 0.717) is 4.83 Å². The van der Waals surface area contributed by atoms with Gasteiger partial charge in [0, 0.05) is 4.83 Å². The molecule has 0 aromatic rings. The molecule has 0 aliphatic rings. The van der Waals surface area contributed by atoms with E-state index in [2.05, 4.69) is 29.8 Å². The highest BCUT2D eigenvalue weighted by Crippen LogP contribution is 2.03. The fourth-order valence-electron chi connectivity index (χ4n) is 0.281. The first-order valence-electron chi connectivity index (χ1n) is 2.20. The van der Waals surface area contributed by atoms with Crippen LogP contribution in [0.4, 0.5) is 0 Å². The summed E-state index contributed by atoms with van der Waals surface area (Å²) in [6, 6.07) is 0. The van der Waals surface area contributed by atoms with Crippen molar-refractivity contribution in [2.24, 2.45) is 0 Å². The molecule has 0 aromatic carbocycles. The van der Waals surface area contributed by atoms with Gasteiger partial charge in [-0.1, -0.05) is 36.2 Å². The number of halogens is 1. The number of rotatable bonds is 2. The molecular weight excluding hydrogens is 140 g/mol. The first kappa shape index (κ1) is 6.48. The van der Waals surface area contributed by atoms with Gasteiger partial charge < -0.3 is 0 Å². The quantitative estimate of drug-likeness (QED) is 0.530. The van der Waals surface area contributed by atoms with Gasteiger partial charge in [-0.25, -0.2) is 0 Å². The van der Waals surface area contributed by atoms with Gasteiger partial charge in [-0.2, -0.15) is 0 Å². The Morgan fingerprint density at radius 2 is 2.33 bits per heavy atom. The van der Waals surface area contributed by atoms with Gasteiger partial charge in [-0.3, -0.25) is 0 Å². The van der Waals surface area contributed by atoms with Crippen molar-refractivity contribution in [3.8, 4) is 0 Å². The Kier molecular flexibility index (Phi) is 3.96. The maximum Gasteiger partial charge on any atom is 0.0117 e. The SMILES string of the molecule is [CH2]CCC(C)Br. The summed E-state index contributed by atoms with van der Waals surface area (Å²) >= 11 is 3.39. The third-order valence-corrected chi connectivity index (χ3v) is 1.06. The molecule has 6 heavy (non-hydrogen) atoms. The molecule has 0 N–H and O–H groups in total. The van der Waals surface area contributed by atoms with Crippen LogP contribution < -0.4 is 0 Å². The zero-order valence-electron chi connectivity index (χ0n) is 4.08. The van der Waals surface area contributed by atoms with Crippen LogP contribution in [0, 0.1) is 6.92 Å². The summed E-state index contributed by atoms with van der Waals surface area (Å²) in [5.74, 6) is 0. The molecule has 0 fully saturated rings. The Bertz CT molecular complexity index is 25.1. The molecule has 0 spiro atoms. The normalized spacial score (nSPS) is 14.5. The van der Waals surface area contributed by atoms with Gasteiger partial charge in [0.05, 0.1) is 0 Å². The van der Waals surface area contributed by atoms with Crippen LogP contribution >= 0.6 is 15.9 Å². The summed E-state index contributed by atoms with van der Waals surface area (Å²) in [6.45, 7) is 5.83. The van der Waals surface area contributed by atoms with E-state index in [9.17, 15) is 0 Å². The fraction of sp³-hybridized carbons (Fsp3) is 0.800. The van der Waals surface area contributed by atoms with Gasteiger partial charge in [-0.05, 0) is 6.42 Å². The van der Waals surface area contributed by atoms with E-state index in [-0.39, 0.29) is 0 Å². The number of alkyl halides is 1. The molecule has 37 valence electrons. The molecule has 1 heteroatoms. The predicted octanol–water partition coefficient (Wildman–Crippen LogP) is 2.38. The van der Waals surface area contributed by atoms with Crippen LogP contribution in [0.3, 0.4) is 0 Å². The molecule has 1 radical (unpaired) electrons. The van der Waals surface area contributed by atoms with Crippen LogP contribution in [-0.2, 0) is 0 Å². The summed E-state index contributed by atoms with van der Waals surface area (Å²) < 4.78 is 0. The maximum atomic E-state index is 3.70. The Morgan fingerprint density at radius 1 is 1.83 bits per heavy atom. The van der Waals surface area contributed by atoms with E-state index in [1.54, 1.807) is 0 Å². The highest BCUT2D eigenvalue weighted by molar-refractivity contribution is 9.09. The lowest BCUT2D eigenvalue weighted by Gasteiger charge is -1.93. The Morgan fingerprint density at radius 3 is 2.33 bits per heavy atom. The third-order valence-electron chi connectivity index (χ3n) is 0.602.